The van der Waals surface area contributed by atoms with Crippen LogP contribution in [0.15, 0.2) is 11.6 Å². The van der Waals surface area contributed by atoms with E-state index in [2.05, 4.69) is 10.7 Å². The molecule has 0 aromatic heterocycles. The van der Waals surface area contributed by atoms with Crippen molar-refractivity contribution in [2.45, 2.75) is 13.0 Å². The molecule has 0 spiro atoms. The van der Waals surface area contributed by atoms with Crippen LogP contribution >= 0.6 is 0 Å². The molecule has 1 atom stereocenters. The zero-order valence-electron chi connectivity index (χ0n) is 5.05. The van der Waals surface area contributed by atoms with E-state index < -0.39 is 6.10 Å². The molecule has 1 heterocycles. The van der Waals surface area contributed by atoms with Crippen LogP contribution in [0, 0.1) is 12.3 Å². The molecule has 0 saturated heterocycles. The number of carbonyl (C=O) groups excluding carboxylic acids is 1. The summed E-state index contributed by atoms with van der Waals surface area (Å²) in [5.74, 6) is 2.00. The summed E-state index contributed by atoms with van der Waals surface area (Å²) in [6, 6.07) is 0. The number of esters is 1. The number of rotatable bonds is 0. The number of hydrogen-bond acceptors (Lipinski definition) is 2. The number of ether oxygens (including phenoxy) is 1. The SMILES string of the molecule is C#CC1C=C(C)C(=O)O1. The summed E-state index contributed by atoms with van der Waals surface area (Å²) in [4.78, 5) is 10.6. The first-order valence-corrected chi connectivity index (χ1v) is 2.59. The zero-order valence-corrected chi connectivity index (χ0v) is 5.05. The Morgan fingerprint density at radius 1 is 1.89 bits per heavy atom. The lowest BCUT2D eigenvalue weighted by molar-refractivity contribution is -0.137. The van der Waals surface area contributed by atoms with E-state index in [1.54, 1.807) is 13.0 Å². The highest BCUT2D eigenvalue weighted by Gasteiger charge is 2.19. The van der Waals surface area contributed by atoms with Crippen molar-refractivity contribution in [1.82, 2.24) is 0 Å². The normalized spacial score (nSPS) is 24.7. The van der Waals surface area contributed by atoms with Gasteiger partial charge in [0.05, 0.1) is 0 Å². The highest BCUT2D eigenvalue weighted by Crippen LogP contribution is 2.10. The highest BCUT2D eigenvalue weighted by molar-refractivity contribution is 5.90. The maximum Gasteiger partial charge on any atom is 0.335 e. The number of hydrogen-bond donors (Lipinski definition) is 0. The minimum atomic E-state index is -0.433. The third-order valence-corrected chi connectivity index (χ3v) is 1.12. The predicted octanol–water partition coefficient (Wildman–Crippen LogP) is 0.491. The Morgan fingerprint density at radius 3 is 2.78 bits per heavy atom. The minimum absolute atomic E-state index is 0.307. The Labute approximate surface area is 53.5 Å². The van der Waals surface area contributed by atoms with Gasteiger partial charge in [0.25, 0.3) is 0 Å². The minimum Gasteiger partial charge on any atom is -0.441 e. The molecule has 1 rings (SSSR count). The van der Waals surface area contributed by atoms with Gasteiger partial charge in [0, 0.05) is 5.57 Å². The van der Waals surface area contributed by atoms with Gasteiger partial charge in [-0.1, -0.05) is 5.92 Å². The first-order valence-electron chi connectivity index (χ1n) is 2.59. The largest absolute Gasteiger partial charge is 0.441 e. The summed E-state index contributed by atoms with van der Waals surface area (Å²) in [5.41, 5.74) is 0.595. The molecule has 2 nitrogen and oxygen atoms in total. The van der Waals surface area contributed by atoms with E-state index in [9.17, 15) is 4.79 Å². The van der Waals surface area contributed by atoms with Crippen molar-refractivity contribution in [1.29, 1.82) is 0 Å². The average Bonchev–Trinajstić information content (AvgIpc) is 2.13. The number of carbonyl (C=O) groups is 1. The molecule has 0 aromatic carbocycles. The van der Waals surface area contributed by atoms with Gasteiger partial charge < -0.3 is 4.74 Å². The number of terminal acetylenes is 1. The van der Waals surface area contributed by atoms with Crippen molar-refractivity contribution in [2.75, 3.05) is 0 Å². The average molecular weight is 122 g/mol. The van der Waals surface area contributed by atoms with Crippen molar-refractivity contribution in [3.8, 4) is 12.3 Å². The second-order valence-corrected chi connectivity index (χ2v) is 1.84. The Hall–Kier alpha value is -1.23. The lowest BCUT2D eigenvalue weighted by Crippen LogP contribution is -2.04. The summed E-state index contributed by atoms with van der Waals surface area (Å²) in [7, 11) is 0. The quantitative estimate of drug-likeness (QED) is 0.345. The molecule has 0 saturated carbocycles. The first kappa shape index (κ1) is 5.90. The van der Waals surface area contributed by atoms with E-state index >= 15 is 0 Å². The molecule has 0 fully saturated rings. The van der Waals surface area contributed by atoms with Crippen molar-refractivity contribution in [3.63, 3.8) is 0 Å². The molecule has 0 N–H and O–H groups in total. The second-order valence-electron chi connectivity index (χ2n) is 1.84. The van der Waals surface area contributed by atoms with Gasteiger partial charge in [0.1, 0.15) is 0 Å². The standard InChI is InChI=1S/C7H6O2/c1-3-6-4-5(2)7(8)9-6/h1,4,6H,2H3. The van der Waals surface area contributed by atoms with Crippen LogP contribution < -0.4 is 0 Å². The lowest BCUT2D eigenvalue weighted by Gasteiger charge is -1.95. The van der Waals surface area contributed by atoms with Gasteiger partial charge in [-0.3, -0.25) is 0 Å². The van der Waals surface area contributed by atoms with Gasteiger partial charge in [-0.2, -0.15) is 0 Å². The molecule has 1 unspecified atom stereocenters. The van der Waals surface area contributed by atoms with Crippen LogP contribution in [0.5, 0.6) is 0 Å². The van der Waals surface area contributed by atoms with Gasteiger partial charge in [-0.05, 0) is 13.0 Å². The van der Waals surface area contributed by atoms with Crippen LogP contribution in [0.4, 0.5) is 0 Å². The summed E-state index contributed by atoms with van der Waals surface area (Å²) in [6.45, 7) is 1.68. The molecule has 2 heteroatoms. The van der Waals surface area contributed by atoms with Gasteiger partial charge in [0.15, 0.2) is 6.10 Å². The second kappa shape index (κ2) is 1.94. The Bertz CT molecular complexity index is 207. The van der Waals surface area contributed by atoms with Crippen LogP contribution in [-0.4, -0.2) is 12.1 Å². The molecule has 0 radical (unpaired) electrons. The first-order chi connectivity index (χ1) is 4.24. The van der Waals surface area contributed by atoms with E-state index in [0.29, 0.717) is 5.57 Å². The summed E-state index contributed by atoms with van der Waals surface area (Å²) in [5, 5.41) is 0. The third-order valence-electron chi connectivity index (χ3n) is 1.12. The smallest absolute Gasteiger partial charge is 0.335 e. The van der Waals surface area contributed by atoms with E-state index in [1.807, 2.05) is 0 Å². The van der Waals surface area contributed by atoms with Crippen molar-refractivity contribution >= 4 is 5.97 Å². The summed E-state index contributed by atoms with van der Waals surface area (Å²) < 4.78 is 4.66. The summed E-state index contributed by atoms with van der Waals surface area (Å²) >= 11 is 0. The van der Waals surface area contributed by atoms with E-state index in [0.717, 1.165) is 0 Å². The Balaban J connectivity index is 2.77. The molecular weight excluding hydrogens is 116 g/mol. The Morgan fingerprint density at radius 2 is 2.56 bits per heavy atom. The van der Waals surface area contributed by atoms with Crippen molar-refractivity contribution < 1.29 is 9.53 Å². The molecule has 1 aliphatic heterocycles. The Kier molecular flexibility index (Phi) is 1.27. The highest BCUT2D eigenvalue weighted by atomic mass is 16.5. The fourth-order valence-corrected chi connectivity index (χ4v) is 0.620. The molecule has 0 aromatic rings. The number of cyclic esters (lactones) is 1. The van der Waals surface area contributed by atoms with Gasteiger partial charge in [0.2, 0.25) is 0 Å². The molecule has 9 heavy (non-hydrogen) atoms. The van der Waals surface area contributed by atoms with Gasteiger partial charge >= 0.3 is 5.97 Å². The zero-order chi connectivity index (χ0) is 6.85. The molecule has 0 amide bonds. The molecule has 46 valence electrons. The molecule has 0 aliphatic carbocycles. The van der Waals surface area contributed by atoms with E-state index in [4.69, 9.17) is 6.42 Å². The van der Waals surface area contributed by atoms with Crippen LogP contribution in [-0.2, 0) is 9.53 Å². The van der Waals surface area contributed by atoms with Crippen molar-refractivity contribution in [2.24, 2.45) is 0 Å². The van der Waals surface area contributed by atoms with E-state index in [1.165, 1.54) is 0 Å². The lowest BCUT2D eigenvalue weighted by atomic mass is 10.3. The fraction of sp³-hybridized carbons (Fsp3) is 0.286. The maximum absolute atomic E-state index is 10.6. The predicted molar refractivity (Wildman–Crippen MR) is 32.5 cm³/mol. The molecule has 0 bridgehead atoms. The third kappa shape index (κ3) is 0.945. The van der Waals surface area contributed by atoms with Crippen LogP contribution in [0.1, 0.15) is 6.92 Å². The maximum atomic E-state index is 10.6. The van der Waals surface area contributed by atoms with E-state index in [-0.39, 0.29) is 5.97 Å². The monoisotopic (exact) mass is 122 g/mol. The van der Waals surface area contributed by atoms with Gasteiger partial charge in [-0.25, -0.2) is 4.79 Å². The topological polar surface area (TPSA) is 26.3 Å². The van der Waals surface area contributed by atoms with Crippen LogP contribution in [0.25, 0.3) is 0 Å². The molecular formula is C7H6O2. The van der Waals surface area contributed by atoms with Crippen LogP contribution in [0.2, 0.25) is 0 Å². The van der Waals surface area contributed by atoms with Gasteiger partial charge in [-0.15, -0.1) is 6.42 Å². The van der Waals surface area contributed by atoms with Crippen LogP contribution in [0.3, 0.4) is 0 Å². The fourth-order valence-electron chi connectivity index (χ4n) is 0.620. The summed E-state index contributed by atoms with van der Waals surface area (Å²) in [6.07, 6.45) is 6.18. The van der Waals surface area contributed by atoms with Crippen molar-refractivity contribution in [3.05, 3.63) is 11.6 Å². The molecule has 1 aliphatic rings.